The Morgan fingerprint density at radius 1 is 1.05 bits per heavy atom. The van der Waals surface area contributed by atoms with Crippen LogP contribution in [0.2, 0.25) is 0 Å². The molecule has 3 rings (SSSR count). The first-order valence-electron chi connectivity index (χ1n) is 6.70. The highest BCUT2D eigenvalue weighted by Gasteiger charge is 2.20. The standard InChI is InChI=1S/C16H14Br2N4/c1-8-21-13-5-3-2-4-10(13)16(22-8)15(20)14-11(17)6-9(19)7-12(14)18/h2-7,15H,19-20H2,1H3. The van der Waals surface area contributed by atoms with Crippen molar-refractivity contribution < 1.29 is 0 Å². The zero-order valence-electron chi connectivity index (χ0n) is 11.8. The Kier molecular flexibility index (Phi) is 4.16. The number of halogens is 2. The second-order valence-electron chi connectivity index (χ2n) is 5.05. The predicted octanol–water partition coefficient (Wildman–Crippen LogP) is 4.09. The molecule has 4 nitrogen and oxygen atoms in total. The van der Waals surface area contributed by atoms with Gasteiger partial charge in [-0.25, -0.2) is 9.97 Å². The van der Waals surface area contributed by atoms with E-state index < -0.39 is 6.04 Å². The van der Waals surface area contributed by atoms with Gasteiger partial charge >= 0.3 is 0 Å². The molecule has 1 heterocycles. The van der Waals surface area contributed by atoms with Crippen LogP contribution in [0.4, 0.5) is 5.69 Å². The van der Waals surface area contributed by atoms with E-state index in [2.05, 4.69) is 41.8 Å². The van der Waals surface area contributed by atoms with E-state index >= 15 is 0 Å². The van der Waals surface area contributed by atoms with Crippen LogP contribution in [0, 0.1) is 6.92 Å². The lowest BCUT2D eigenvalue weighted by Gasteiger charge is -2.18. The number of rotatable bonds is 2. The Bertz CT molecular complexity index is 841. The van der Waals surface area contributed by atoms with Crippen molar-refractivity contribution in [2.24, 2.45) is 5.73 Å². The lowest BCUT2D eigenvalue weighted by atomic mass is 10.0. The molecule has 0 aliphatic carbocycles. The average molecular weight is 422 g/mol. The predicted molar refractivity (Wildman–Crippen MR) is 96.6 cm³/mol. The van der Waals surface area contributed by atoms with Gasteiger partial charge in [-0.2, -0.15) is 0 Å². The highest BCUT2D eigenvalue weighted by atomic mass is 79.9. The van der Waals surface area contributed by atoms with E-state index in [0.717, 1.165) is 31.1 Å². The van der Waals surface area contributed by atoms with Gasteiger partial charge in [0.1, 0.15) is 5.82 Å². The van der Waals surface area contributed by atoms with Crippen molar-refractivity contribution in [1.82, 2.24) is 9.97 Å². The molecule has 112 valence electrons. The molecule has 0 saturated heterocycles. The van der Waals surface area contributed by atoms with Crippen LogP contribution in [-0.4, -0.2) is 9.97 Å². The fraction of sp³-hybridized carbons (Fsp3) is 0.125. The Labute approximate surface area is 145 Å². The first kappa shape index (κ1) is 15.4. The van der Waals surface area contributed by atoms with Crippen molar-refractivity contribution in [3.8, 4) is 0 Å². The van der Waals surface area contributed by atoms with E-state index in [1.807, 2.05) is 43.3 Å². The zero-order valence-corrected chi connectivity index (χ0v) is 15.0. The number of benzene rings is 2. The third-order valence-corrected chi connectivity index (χ3v) is 4.76. The van der Waals surface area contributed by atoms with Crippen LogP contribution in [0.15, 0.2) is 45.3 Å². The van der Waals surface area contributed by atoms with Crippen LogP contribution in [0.1, 0.15) is 23.1 Å². The third-order valence-electron chi connectivity index (χ3n) is 3.45. The summed E-state index contributed by atoms with van der Waals surface area (Å²) in [6.07, 6.45) is 0. The third kappa shape index (κ3) is 2.74. The fourth-order valence-corrected chi connectivity index (χ4v) is 4.21. The highest BCUT2D eigenvalue weighted by molar-refractivity contribution is 9.11. The van der Waals surface area contributed by atoms with Crippen LogP contribution in [0.25, 0.3) is 10.9 Å². The summed E-state index contributed by atoms with van der Waals surface area (Å²) < 4.78 is 1.71. The van der Waals surface area contributed by atoms with E-state index in [1.54, 1.807) is 0 Å². The topological polar surface area (TPSA) is 77.8 Å². The molecule has 0 saturated carbocycles. The highest BCUT2D eigenvalue weighted by Crippen LogP contribution is 2.36. The molecule has 0 aliphatic heterocycles. The molecule has 6 heteroatoms. The molecule has 3 aromatic rings. The summed E-state index contributed by atoms with van der Waals surface area (Å²) in [5.74, 6) is 0.701. The van der Waals surface area contributed by atoms with Gasteiger partial charge in [-0.3, -0.25) is 0 Å². The van der Waals surface area contributed by atoms with Gasteiger partial charge < -0.3 is 11.5 Å². The molecule has 0 amide bonds. The van der Waals surface area contributed by atoms with Crippen molar-refractivity contribution in [3.05, 3.63) is 62.4 Å². The number of anilines is 1. The monoisotopic (exact) mass is 420 g/mol. The summed E-state index contributed by atoms with van der Waals surface area (Å²) in [5.41, 5.74) is 15.6. The van der Waals surface area contributed by atoms with Gasteiger partial charge in [-0.05, 0) is 25.1 Å². The normalized spacial score (nSPS) is 12.5. The molecule has 0 bridgehead atoms. The summed E-state index contributed by atoms with van der Waals surface area (Å²) in [6, 6.07) is 11.2. The number of aryl methyl sites for hydroxylation is 1. The summed E-state index contributed by atoms with van der Waals surface area (Å²) in [7, 11) is 0. The molecule has 1 atom stereocenters. The minimum Gasteiger partial charge on any atom is -0.399 e. The van der Waals surface area contributed by atoms with Crippen molar-refractivity contribution in [3.63, 3.8) is 0 Å². The Morgan fingerprint density at radius 3 is 2.36 bits per heavy atom. The molecule has 22 heavy (non-hydrogen) atoms. The first-order chi connectivity index (χ1) is 10.5. The molecule has 1 unspecified atom stereocenters. The van der Waals surface area contributed by atoms with Crippen LogP contribution < -0.4 is 11.5 Å². The number of nitrogens with zero attached hydrogens (tertiary/aromatic N) is 2. The zero-order chi connectivity index (χ0) is 15.9. The van der Waals surface area contributed by atoms with Crippen LogP contribution in [0.5, 0.6) is 0 Å². The largest absolute Gasteiger partial charge is 0.399 e. The molecule has 0 radical (unpaired) electrons. The lowest BCUT2D eigenvalue weighted by molar-refractivity contribution is 0.815. The summed E-state index contributed by atoms with van der Waals surface area (Å²) in [5, 5.41) is 0.955. The minimum absolute atomic E-state index is 0.393. The van der Waals surface area contributed by atoms with E-state index in [9.17, 15) is 0 Å². The van der Waals surface area contributed by atoms with Gasteiger partial charge in [-0.15, -0.1) is 0 Å². The maximum absolute atomic E-state index is 6.51. The number of nitrogens with two attached hydrogens (primary N) is 2. The van der Waals surface area contributed by atoms with E-state index in [0.29, 0.717) is 11.5 Å². The van der Waals surface area contributed by atoms with Crippen LogP contribution in [-0.2, 0) is 0 Å². The van der Waals surface area contributed by atoms with Crippen LogP contribution in [0.3, 0.4) is 0 Å². The summed E-state index contributed by atoms with van der Waals surface area (Å²) in [6.45, 7) is 1.87. The van der Waals surface area contributed by atoms with Gasteiger partial charge in [0.2, 0.25) is 0 Å². The van der Waals surface area contributed by atoms with E-state index in [1.165, 1.54) is 0 Å². The lowest BCUT2D eigenvalue weighted by Crippen LogP contribution is -2.16. The molecule has 2 aromatic carbocycles. The molecular weight excluding hydrogens is 408 g/mol. The summed E-state index contributed by atoms with van der Waals surface area (Å²) >= 11 is 7.09. The number of hydrogen-bond donors (Lipinski definition) is 2. The van der Waals surface area contributed by atoms with Crippen LogP contribution >= 0.6 is 31.9 Å². The number of para-hydroxylation sites is 1. The Hall–Kier alpha value is -1.50. The first-order valence-corrected chi connectivity index (χ1v) is 8.29. The van der Waals surface area contributed by atoms with Crippen molar-refractivity contribution in [1.29, 1.82) is 0 Å². The fourth-order valence-electron chi connectivity index (χ4n) is 2.50. The second-order valence-corrected chi connectivity index (χ2v) is 6.76. The van der Waals surface area contributed by atoms with E-state index in [-0.39, 0.29) is 0 Å². The van der Waals surface area contributed by atoms with Gasteiger partial charge in [0, 0.05) is 25.6 Å². The van der Waals surface area contributed by atoms with Gasteiger partial charge in [0.15, 0.2) is 0 Å². The smallest absolute Gasteiger partial charge is 0.126 e. The van der Waals surface area contributed by atoms with Gasteiger partial charge in [-0.1, -0.05) is 50.1 Å². The minimum atomic E-state index is -0.393. The molecule has 0 fully saturated rings. The van der Waals surface area contributed by atoms with Crippen molar-refractivity contribution >= 4 is 48.5 Å². The molecule has 0 spiro atoms. The number of fused-ring (bicyclic) bond motifs is 1. The number of nitrogen functional groups attached to an aromatic ring is 1. The van der Waals surface area contributed by atoms with Gasteiger partial charge in [0.25, 0.3) is 0 Å². The van der Waals surface area contributed by atoms with E-state index in [4.69, 9.17) is 11.5 Å². The number of aromatic nitrogens is 2. The molecule has 1 aromatic heterocycles. The van der Waals surface area contributed by atoms with Gasteiger partial charge in [0.05, 0.1) is 17.3 Å². The summed E-state index contributed by atoms with van der Waals surface area (Å²) in [4.78, 5) is 9.03. The average Bonchev–Trinajstić information content (AvgIpc) is 2.45. The Balaban J connectivity index is 2.24. The second kappa shape index (κ2) is 5.95. The maximum atomic E-state index is 6.51. The molecule has 0 aliphatic rings. The van der Waals surface area contributed by atoms with Crippen molar-refractivity contribution in [2.75, 3.05) is 5.73 Å². The van der Waals surface area contributed by atoms with Crippen molar-refractivity contribution in [2.45, 2.75) is 13.0 Å². The SMILES string of the molecule is Cc1nc(C(N)c2c(Br)cc(N)cc2Br)c2ccccc2n1. The molecule has 4 N–H and O–H groups in total. The molecular formula is C16H14Br2N4. The Morgan fingerprint density at radius 2 is 1.68 bits per heavy atom. The maximum Gasteiger partial charge on any atom is 0.126 e. The quantitative estimate of drug-likeness (QED) is 0.610. The number of hydrogen-bond acceptors (Lipinski definition) is 4.